The molecule has 0 unspecified atom stereocenters. The molecule has 1 aromatic heterocycles. The summed E-state index contributed by atoms with van der Waals surface area (Å²) in [5.41, 5.74) is 0.373. The lowest BCUT2D eigenvalue weighted by atomic mass is 10.3. The summed E-state index contributed by atoms with van der Waals surface area (Å²) in [6.45, 7) is 2.45. The van der Waals surface area contributed by atoms with Crippen LogP contribution in [-0.2, 0) is 4.79 Å². The first-order valence-corrected chi connectivity index (χ1v) is 6.83. The van der Waals surface area contributed by atoms with E-state index >= 15 is 0 Å². The lowest BCUT2D eigenvalue weighted by Gasteiger charge is -1.99. The summed E-state index contributed by atoms with van der Waals surface area (Å²) in [6, 6.07) is 9.11. The van der Waals surface area contributed by atoms with Crippen molar-refractivity contribution in [1.82, 2.24) is 20.1 Å². The van der Waals surface area contributed by atoms with Gasteiger partial charge in [-0.05, 0) is 19.1 Å². The number of para-hydroxylation sites is 1. The molecule has 0 atom stereocenters. The van der Waals surface area contributed by atoms with Gasteiger partial charge in [-0.25, -0.2) is 4.79 Å². The first kappa shape index (κ1) is 13.4. The number of hydrogen-bond donors (Lipinski definition) is 2. The molecule has 19 heavy (non-hydrogen) atoms. The topological polar surface area (TPSA) is 79.8 Å². The first-order valence-electron chi connectivity index (χ1n) is 5.85. The molecule has 1 heterocycles. The standard InChI is InChI=1S/C12H14N4O2S/c1-2-13-10(17)8-19-11-14-12(18)16(15-11)9-6-4-3-5-7-9/h3-7H,2,8H2,1H3,(H,13,17)(H,14,15,18). The van der Waals surface area contributed by atoms with Gasteiger partial charge in [0, 0.05) is 6.54 Å². The molecule has 1 amide bonds. The number of rotatable bonds is 5. The highest BCUT2D eigenvalue weighted by Crippen LogP contribution is 2.11. The Labute approximate surface area is 114 Å². The maximum Gasteiger partial charge on any atom is 0.348 e. The van der Waals surface area contributed by atoms with Gasteiger partial charge >= 0.3 is 5.69 Å². The molecule has 6 nitrogen and oxygen atoms in total. The zero-order valence-corrected chi connectivity index (χ0v) is 11.2. The Balaban J connectivity index is 2.09. The third-order valence-electron chi connectivity index (χ3n) is 2.31. The Hall–Kier alpha value is -2.02. The monoisotopic (exact) mass is 278 g/mol. The van der Waals surface area contributed by atoms with Gasteiger partial charge in [0.1, 0.15) is 0 Å². The molecule has 0 fully saturated rings. The van der Waals surface area contributed by atoms with Crippen LogP contribution >= 0.6 is 11.8 Å². The Kier molecular flexibility index (Phi) is 4.40. The van der Waals surface area contributed by atoms with Crippen LogP contribution < -0.4 is 11.0 Å². The second-order valence-corrected chi connectivity index (χ2v) is 4.69. The number of thioether (sulfide) groups is 1. The molecule has 0 bridgehead atoms. The second kappa shape index (κ2) is 6.24. The number of carbonyl (C=O) groups is 1. The third kappa shape index (κ3) is 3.47. The molecule has 0 saturated carbocycles. The molecule has 0 aliphatic heterocycles. The zero-order valence-electron chi connectivity index (χ0n) is 10.4. The molecule has 0 aliphatic rings. The Bertz CT molecular complexity index is 606. The van der Waals surface area contributed by atoms with Crippen molar-refractivity contribution in [3.8, 4) is 5.69 Å². The van der Waals surface area contributed by atoms with E-state index in [0.717, 1.165) is 0 Å². The van der Waals surface area contributed by atoms with Crippen molar-refractivity contribution in [3.63, 3.8) is 0 Å². The summed E-state index contributed by atoms with van der Waals surface area (Å²) in [4.78, 5) is 25.7. The van der Waals surface area contributed by atoms with Crippen LogP contribution in [0.1, 0.15) is 6.92 Å². The SMILES string of the molecule is CCNC(=O)CSc1nn(-c2ccccc2)c(=O)[nH]1. The molecule has 0 aliphatic carbocycles. The summed E-state index contributed by atoms with van der Waals surface area (Å²) in [6.07, 6.45) is 0. The van der Waals surface area contributed by atoms with Crippen molar-refractivity contribution in [3.05, 3.63) is 40.8 Å². The molecule has 2 rings (SSSR count). The van der Waals surface area contributed by atoms with E-state index in [2.05, 4.69) is 15.4 Å². The number of nitrogens with one attached hydrogen (secondary N) is 2. The molecule has 7 heteroatoms. The van der Waals surface area contributed by atoms with Gasteiger partial charge in [-0.15, -0.1) is 5.10 Å². The quantitative estimate of drug-likeness (QED) is 0.792. The van der Waals surface area contributed by atoms with Gasteiger partial charge in [0.25, 0.3) is 0 Å². The van der Waals surface area contributed by atoms with E-state index < -0.39 is 0 Å². The van der Waals surface area contributed by atoms with Crippen molar-refractivity contribution >= 4 is 17.7 Å². The highest BCUT2D eigenvalue weighted by molar-refractivity contribution is 7.99. The van der Waals surface area contributed by atoms with Crippen LogP contribution in [0.15, 0.2) is 40.3 Å². The van der Waals surface area contributed by atoms with Crippen molar-refractivity contribution in [2.24, 2.45) is 0 Å². The molecule has 1 aromatic carbocycles. The van der Waals surface area contributed by atoms with E-state index in [-0.39, 0.29) is 17.3 Å². The van der Waals surface area contributed by atoms with Crippen LogP contribution in [0, 0.1) is 0 Å². The highest BCUT2D eigenvalue weighted by Gasteiger charge is 2.09. The molecule has 2 aromatic rings. The Morgan fingerprint density at radius 1 is 1.42 bits per heavy atom. The van der Waals surface area contributed by atoms with E-state index in [1.54, 1.807) is 12.1 Å². The zero-order chi connectivity index (χ0) is 13.7. The van der Waals surface area contributed by atoms with Crippen LogP contribution in [0.4, 0.5) is 0 Å². The molecule has 0 spiro atoms. The molecular formula is C12H14N4O2S. The average molecular weight is 278 g/mol. The summed E-state index contributed by atoms with van der Waals surface area (Å²) in [7, 11) is 0. The van der Waals surface area contributed by atoms with Crippen molar-refractivity contribution in [1.29, 1.82) is 0 Å². The smallest absolute Gasteiger partial charge is 0.348 e. The number of amides is 1. The van der Waals surface area contributed by atoms with Crippen LogP contribution in [0.2, 0.25) is 0 Å². The predicted octanol–water partition coefficient (Wildman–Crippen LogP) is 0.789. The van der Waals surface area contributed by atoms with Crippen molar-refractivity contribution < 1.29 is 4.79 Å². The molecular weight excluding hydrogens is 264 g/mol. The third-order valence-corrected chi connectivity index (χ3v) is 3.18. The van der Waals surface area contributed by atoms with Crippen LogP contribution in [0.25, 0.3) is 5.69 Å². The highest BCUT2D eigenvalue weighted by atomic mass is 32.2. The fourth-order valence-electron chi connectivity index (χ4n) is 1.50. The maximum atomic E-state index is 11.7. The van der Waals surface area contributed by atoms with E-state index in [1.807, 2.05) is 25.1 Å². The van der Waals surface area contributed by atoms with Crippen LogP contribution in [0.3, 0.4) is 0 Å². The number of nitrogens with zero attached hydrogens (tertiary/aromatic N) is 2. The summed E-state index contributed by atoms with van der Waals surface area (Å²) in [5, 5.41) is 7.26. The maximum absolute atomic E-state index is 11.7. The minimum Gasteiger partial charge on any atom is -0.356 e. The van der Waals surface area contributed by atoms with Gasteiger partial charge in [0.15, 0.2) is 5.16 Å². The molecule has 0 radical (unpaired) electrons. The number of carbonyl (C=O) groups excluding carboxylic acids is 1. The van der Waals surface area contributed by atoms with E-state index in [1.165, 1.54) is 16.4 Å². The number of aromatic nitrogens is 3. The van der Waals surface area contributed by atoms with Gasteiger partial charge in [0.2, 0.25) is 5.91 Å². The number of aromatic amines is 1. The van der Waals surface area contributed by atoms with Crippen LogP contribution in [-0.4, -0.2) is 33.0 Å². The molecule has 2 N–H and O–H groups in total. The second-order valence-electron chi connectivity index (χ2n) is 3.72. The summed E-state index contributed by atoms with van der Waals surface area (Å²) in [5.74, 6) is 0.151. The largest absolute Gasteiger partial charge is 0.356 e. The van der Waals surface area contributed by atoms with E-state index in [9.17, 15) is 9.59 Å². The van der Waals surface area contributed by atoms with E-state index in [4.69, 9.17) is 0 Å². The lowest BCUT2D eigenvalue weighted by molar-refractivity contribution is -0.118. The fourth-order valence-corrected chi connectivity index (χ4v) is 2.17. The first-order chi connectivity index (χ1) is 9.20. The number of H-pyrrole nitrogens is 1. The van der Waals surface area contributed by atoms with Crippen molar-refractivity contribution in [2.75, 3.05) is 12.3 Å². The number of hydrogen-bond acceptors (Lipinski definition) is 4. The van der Waals surface area contributed by atoms with Gasteiger partial charge in [0.05, 0.1) is 11.4 Å². The minimum atomic E-state index is -0.315. The van der Waals surface area contributed by atoms with Crippen LogP contribution in [0.5, 0.6) is 0 Å². The number of benzene rings is 1. The average Bonchev–Trinajstić information content (AvgIpc) is 2.79. The fraction of sp³-hybridized carbons (Fsp3) is 0.250. The molecule has 100 valence electrons. The lowest BCUT2D eigenvalue weighted by Crippen LogP contribution is -2.24. The summed E-state index contributed by atoms with van der Waals surface area (Å²) < 4.78 is 1.28. The normalized spacial score (nSPS) is 10.4. The van der Waals surface area contributed by atoms with Gasteiger partial charge < -0.3 is 5.32 Å². The van der Waals surface area contributed by atoms with Gasteiger partial charge in [-0.3, -0.25) is 9.78 Å². The Morgan fingerprint density at radius 2 is 2.16 bits per heavy atom. The van der Waals surface area contributed by atoms with E-state index in [0.29, 0.717) is 17.4 Å². The Morgan fingerprint density at radius 3 is 2.84 bits per heavy atom. The van der Waals surface area contributed by atoms with Crippen molar-refractivity contribution in [2.45, 2.75) is 12.1 Å². The molecule has 0 saturated heterocycles. The van der Waals surface area contributed by atoms with Gasteiger partial charge in [-0.2, -0.15) is 4.68 Å². The summed E-state index contributed by atoms with van der Waals surface area (Å²) >= 11 is 1.20. The minimum absolute atomic E-state index is 0.0809. The van der Waals surface area contributed by atoms with Gasteiger partial charge in [-0.1, -0.05) is 30.0 Å². The predicted molar refractivity (Wildman–Crippen MR) is 73.6 cm³/mol.